The van der Waals surface area contributed by atoms with Crippen molar-refractivity contribution in [2.24, 2.45) is 0 Å². The summed E-state index contributed by atoms with van der Waals surface area (Å²) >= 11 is 0. The lowest BCUT2D eigenvalue weighted by molar-refractivity contribution is -0.377. The van der Waals surface area contributed by atoms with Crippen LogP contribution in [0.3, 0.4) is 0 Å². The van der Waals surface area contributed by atoms with E-state index in [1.54, 1.807) is 0 Å². The van der Waals surface area contributed by atoms with Gasteiger partial charge in [-0.2, -0.15) is 0 Å². The molecule has 4 heteroatoms. The van der Waals surface area contributed by atoms with Gasteiger partial charge in [0.2, 0.25) is 0 Å². The molecule has 0 aliphatic rings. The first-order valence-electron chi connectivity index (χ1n) is 1.91. The van der Waals surface area contributed by atoms with Crippen molar-refractivity contribution in [2.45, 2.75) is 0 Å². The van der Waals surface area contributed by atoms with Gasteiger partial charge in [0.05, 0.1) is 0 Å². The Balaban J connectivity index is -0.000000120. The molecule has 54 valence electrons. The van der Waals surface area contributed by atoms with E-state index in [1.165, 1.54) is 0 Å². The van der Waals surface area contributed by atoms with E-state index in [1.807, 2.05) is 30.6 Å². The van der Waals surface area contributed by atoms with Crippen LogP contribution in [0.2, 0.25) is 0 Å². The second kappa shape index (κ2) is 11.4. The number of aromatic nitrogens is 1. The monoisotopic (exact) mass is 318 g/mol. The molecule has 1 rings (SSSR count). The molecule has 1 heterocycles. The SMILES string of the molecule is Br.[Br-].[Br-].c1cc[nH+]cc1. The normalized spacial score (nSPS) is 5.33. The molecule has 9 heavy (non-hydrogen) atoms. The maximum atomic E-state index is 2.89. The first kappa shape index (κ1) is 16.3. The van der Waals surface area contributed by atoms with Crippen molar-refractivity contribution in [3.63, 3.8) is 0 Å². The van der Waals surface area contributed by atoms with E-state index >= 15 is 0 Å². The zero-order chi connectivity index (χ0) is 4.24. The van der Waals surface area contributed by atoms with E-state index in [2.05, 4.69) is 4.98 Å². The van der Waals surface area contributed by atoms with Gasteiger partial charge in [-0.3, -0.25) is 0 Å². The average Bonchev–Trinajstić information content (AvgIpc) is 1.72. The summed E-state index contributed by atoms with van der Waals surface area (Å²) in [6.07, 6.45) is 3.75. The molecule has 0 aliphatic carbocycles. The van der Waals surface area contributed by atoms with E-state index in [-0.39, 0.29) is 50.9 Å². The van der Waals surface area contributed by atoms with Crippen LogP contribution in [-0.2, 0) is 0 Å². The highest BCUT2D eigenvalue weighted by Gasteiger charge is 1.65. The van der Waals surface area contributed by atoms with E-state index in [9.17, 15) is 0 Å². The fourth-order valence-electron chi connectivity index (χ4n) is 0.342. The standard InChI is InChI=1S/C5H5N.3BrH/c1-2-4-6-5-3-1;;;/h1-5H;3*1H/p-1. The molecule has 0 aromatic carbocycles. The van der Waals surface area contributed by atoms with Crippen LogP contribution in [0.5, 0.6) is 0 Å². The molecular weight excluding hydrogens is 314 g/mol. The van der Waals surface area contributed by atoms with Gasteiger partial charge in [0.15, 0.2) is 12.4 Å². The topological polar surface area (TPSA) is 14.1 Å². The highest BCUT2D eigenvalue weighted by Crippen LogP contribution is 1.68. The molecule has 1 nitrogen and oxygen atoms in total. The highest BCUT2D eigenvalue weighted by atomic mass is 79.9. The molecule has 1 aromatic heterocycles. The summed E-state index contributed by atoms with van der Waals surface area (Å²) in [5.74, 6) is 0. The number of hydrogen-bond acceptors (Lipinski definition) is 0. The molecule has 0 radical (unpaired) electrons. The molecule has 0 bridgehead atoms. The molecule has 0 unspecified atom stereocenters. The van der Waals surface area contributed by atoms with Gasteiger partial charge in [-0.15, -0.1) is 17.0 Å². The Kier molecular flexibility index (Phi) is 20.6. The first-order chi connectivity index (χ1) is 3.00. The third-order valence-corrected chi connectivity index (χ3v) is 0.607. The van der Waals surface area contributed by atoms with Gasteiger partial charge in [0.1, 0.15) is 0 Å². The van der Waals surface area contributed by atoms with Gasteiger partial charge in [-0.05, 0) is 0 Å². The molecule has 0 saturated heterocycles. The van der Waals surface area contributed by atoms with Gasteiger partial charge < -0.3 is 34.0 Å². The van der Waals surface area contributed by atoms with Crippen LogP contribution in [-0.4, -0.2) is 0 Å². The quantitative estimate of drug-likeness (QED) is 0.455. The fraction of sp³-hybridized carbons (Fsp3) is 0. The Morgan fingerprint density at radius 2 is 1.22 bits per heavy atom. The molecule has 0 saturated carbocycles. The van der Waals surface area contributed by atoms with Gasteiger partial charge in [0, 0.05) is 12.1 Å². The molecule has 0 aliphatic heterocycles. The number of nitrogens with one attached hydrogen (secondary N) is 1. The Morgan fingerprint density at radius 1 is 0.778 bits per heavy atom. The zero-order valence-electron chi connectivity index (χ0n) is 4.55. The number of hydrogen-bond donors (Lipinski definition) is 0. The summed E-state index contributed by atoms with van der Waals surface area (Å²) in [7, 11) is 0. The largest absolute Gasteiger partial charge is 1.00 e. The summed E-state index contributed by atoms with van der Waals surface area (Å²) in [6, 6.07) is 5.86. The number of halogens is 3. The Bertz CT molecular complexity index is 84.1. The van der Waals surface area contributed by atoms with Crippen molar-refractivity contribution in [3.8, 4) is 0 Å². The summed E-state index contributed by atoms with van der Waals surface area (Å²) in [6.45, 7) is 0. The number of rotatable bonds is 0. The maximum absolute atomic E-state index is 2.89. The van der Waals surface area contributed by atoms with E-state index in [4.69, 9.17) is 0 Å². The summed E-state index contributed by atoms with van der Waals surface area (Å²) in [4.78, 5) is 2.89. The summed E-state index contributed by atoms with van der Waals surface area (Å²) in [5.41, 5.74) is 0. The van der Waals surface area contributed by atoms with Gasteiger partial charge >= 0.3 is 0 Å². The number of H-pyrrole nitrogens is 1. The van der Waals surface area contributed by atoms with Crippen LogP contribution in [0.15, 0.2) is 30.6 Å². The van der Waals surface area contributed by atoms with Crippen molar-refractivity contribution < 1.29 is 38.9 Å². The van der Waals surface area contributed by atoms with Gasteiger partial charge in [0.25, 0.3) is 0 Å². The second-order valence-electron chi connectivity index (χ2n) is 1.08. The molecule has 1 aromatic rings. The molecular formula is C5H7Br3N-. The Hall–Kier alpha value is 0.590. The summed E-state index contributed by atoms with van der Waals surface area (Å²) in [5, 5.41) is 0. The lowest BCUT2D eigenvalue weighted by Crippen LogP contribution is -3.00. The lowest BCUT2D eigenvalue weighted by atomic mass is 10.5. The smallest absolute Gasteiger partial charge is 0.166 e. The van der Waals surface area contributed by atoms with E-state index in [0.29, 0.717) is 0 Å². The molecule has 0 fully saturated rings. The van der Waals surface area contributed by atoms with Crippen molar-refractivity contribution in [3.05, 3.63) is 30.6 Å². The Labute approximate surface area is 86.2 Å². The Morgan fingerprint density at radius 3 is 1.33 bits per heavy atom. The zero-order valence-corrected chi connectivity index (χ0v) is 9.44. The second-order valence-corrected chi connectivity index (χ2v) is 1.08. The predicted octanol–water partition coefficient (Wildman–Crippen LogP) is -4.91. The number of aromatic amines is 1. The van der Waals surface area contributed by atoms with Gasteiger partial charge in [-0.1, -0.05) is 6.07 Å². The fourth-order valence-corrected chi connectivity index (χ4v) is 0.342. The van der Waals surface area contributed by atoms with E-state index < -0.39 is 0 Å². The van der Waals surface area contributed by atoms with Crippen molar-refractivity contribution in [1.82, 2.24) is 0 Å². The maximum Gasteiger partial charge on any atom is 0.166 e. The average molecular weight is 321 g/mol. The van der Waals surface area contributed by atoms with Crippen LogP contribution >= 0.6 is 17.0 Å². The molecule has 1 N–H and O–H groups in total. The molecule has 0 spiro atoms. The van der Waals surface area contributed by atoms with E-state index in [0.717, 1.165) is 0 Å². The van der Waals surface area contributed by atoms with Crippen LogP contribution in [0.1, 0.15) is 0 Å². The van der Waals surface area contributed by atoms with Crippen molar-refractivity contribution >= 4 is 17.0 Å². The van der Waals surface area contributed by atoms with Crippen molar-refractivity contribution in [1.29, 1.82) is 0 Å². The third-order valence-electron chi connectivity index (χ3n) is 0.607. The minimum atomic E-state index is 0. The minimum absolute atomic E-state index is 0. The molecule has 0 atom stereocenters. The van der Waals surface area contributed by atoms with Crippen LogP contribution < -0.4 is 38.9 Å². The van der Waals surface area contributed by atoms with Gasteiger partial charge in [-0.25, -0.2) is 4.98 Å². The number of pyridine rings is 1. The van der Waals surface area contributed by atoms with Crippen LogP contribution in [0, 0.1) is 0 Å². The third kappa shape index (κ3) is 8.59. The van der Waals surface area contributed by atoms with Crippen LogP contribution in [0.25, 0.3) is 0 Å². The molecule has 0 amide bonds. The van der Waals surface area contributed by atoms with Crippen LogP contribution in [0.4, 0.5) is 0 Å². The predicted molar refractivity (Wildman–Crippen MR) is 33.3 cm³/mol. The summed E-state index contributed by atoms with van der Waals surface area (Å²) < 4.78 is 0. The lowest BCUT2D eigenvalue weighted by Gasteiger charge is -1.63. The highest BCUT2D eigenvalue weighted by molar-refractivity contribution is 8.93. The minimum Gasteiger partial charge on any atom is -1.00 e. The first-order valence-corrected chi connectivity index (χ1v) is 1.91. The van der Waals surface area contributed by atoms with Crippen molar-refractivity contribution in [2.75, 3.05) is 0 Å².